The number of aryl methyl sites for hydroxylation is 1. The van der Waals surface area contributed by atoms with Crippen molar-refractivity contribution in [1.29, 1.82) is 0 Å². The first kappa shape index (κ1) is 23.3. The predicted octanol–water partition coefficient (Wildman–Crippen LogP) is 5.44. The maximum atomic E-state index is 13.0. The van der Waals surface area contributed by atoms with Crippen molar-refractivity contribution in [2.45, 2.75) is 38.4 Å². The van der Waals surface area contributed by atoms with Crippen molar-refractivity contribution in [3.8, 4) is 11.1 Å². The third-order valence-corrected chi connectivity index (χ3v) is 6.65. The molecule has 2 aliphatic heterocycles. The summed E-state index contributed by atoms with van der Waals surface area (Å²) < 4.78 is 44.6. The normalized spacial score (nSPS) is 19.6. The molecule has 35 heavy (non-hydrogen) atoms. The number of amides is 1. The Bertz CT molecular complexity index is 1280. The van der Waals surface area contributed by atoms with Gasteiger partial charge in [-0.3, -0.25) is 14.8 Å². The van der Waals surface area contributed by atoms with Gasteiger partial charge in [-0.05, 0) is 54.8 Å². The van der Waals surface area contributed by atoms with E-state index in [1.54, 1.807) is 6.07 Å². The van der Waals surface area contributed by atoms with Crippen LogP contribution in [0.25, 0.3) is 11.1 Å². The third kappa shape index (κ3) is 4.60. The average molecular weight is 483 g/mol. The summed E-state index contributed by atoms with van der Waals surface area (Å²) in [6, 6.07) is 9.91. The van der Waals surface area contributed by atoms with Gasteiger partial charge in [-0.1, -0.05) is 13.0 Å². The van der Waals surface area contributed by atoms with E-state index in [1.807, 2.05) is 25.3 Å². The van der Waals surface area contributed by atoms with Crippen molar-refractivity contribution in [2.75, 3.05) is 30.0 Å². The third-order valence-electron chi connectivity index (χ3n) is 6.65. The SMILES string of the molecule is Cc1ccc(NC(=O)c2ccnc(C(F)(F)F)c2)cc1-c1cnc2c(c1)N1CCOC[C@H]1C[C@@H]2C. The lowest BCUT2D eigenvalue weighted by atomic mass is 9.89. The number of nitrogens with one attached hydrogen (secondary N) is 1. The van der Waals surface area contributed by atoms with Gasteiger partial charge in [0.2, 0.25) is 0 Å². The number of carbonyl (C=O) groups is 1. The summed E-state index contributed by atoms with van der Waals surface area (Å²) in [7, 11) is 0. The van der Waals surface area contributed by atoms with Crippen LogP contribution in [0.5, 0.6) is 0 Å². The summed E-state index contributed by atoms with van der Waals surface area (Å²) in [5.74, 6) is -0.308. The Hall–Kier alpha value is -3.46. The molecule has 3 aromatic rings. The van der Waals surface area contributed by atoms with Gasteiger partial charge < -0.3 is 15.0 Å². The van der Waals surface area contributed by atoms with Crippen molar-refractivity contribution in [2.24, 2.45) is 0 Å². The fourth-order valence-electron chi connectivity index (χ4n) is 4.85. The molecule has 0 unspecified atom stereocenters. The molecule has 1 aromatic carbocycles. The molecule has 0 saturated carbocycles. The van der Waals surface area contributed by atoms with Crippen molar-refractivity contribution < 1.29 is 22.7 Å². The molecule has 6 nitrogen and oxygen atoms in total. The van der Waals surface area contributed by atoms with Crippen LogP contribution in [0.4, 0.5) is 24.5 Å². The Morgan fingerprint density at radius 2 is 2.00 bits per heavy atom. The molecule has 0 radical (unpaired) electrons. The highest BCUT2D eigenvalue weighted by atomic mass is 19.4. The number of aromatic nitrogens is 2. The molecule has 1 saturated heterocycles. The van der Waals surface area contributed by atoms with Crippen LogP contribution in [0, 0.1) is 6.92 Å². The second-order valence-corrected chi connectivity index (χ2v) is 9.10. The second-order valence-electron chi connectivity index (χ2n) is 9.10. The van der Waals surface area contributed by atoms with Gasteiger partial charge in [-0.15, -0.1) is 0 Å². The van der Waals surface area contributed by atoms with Gasteiger partial charge in [0.25, 0.3) is 5.91 Å². The minimum absolute atomic E-state index is 0.114. The van der Waals surface area contributed by atoms with E-state index in [4.69, 9.17) is 9.72 Å². The van der Waals surface area contributed by atoms with Gasteiger partial charge in [0, 0.05) is 41.7 Å². The number of morpholine rings is 1. The number of fused-ring (bicyclic) bond motifs is 3. The van der Waals surface area contributed by atoms with Crippen molar-refractivity contribution >= 4 is 17.3 Å². The van der Waals surface area contributed by atoms with E-state index in [0.29, 0.717) is 30.9 Å². The summed E-state index contributed by atoms with van der Waals surface area (Å²) in [5.41, 5.74) is 4.26. The number of benzene rings is 1. The minimum atomic E-state index is -4.62. The Morgan fingerprint density at radius 3 is 2.80 bits per heavy atom. The zero-order valence-electron chi connectivity index (χ0n) is 19.4. The van der Waals surface area contributed by atoms with Crippen LogP contribution in [0.3, 0.4) is 0 Å². The molecule has 4 heterocycles. The molecule has 1 amide bonds. The summed E-state index contributed by atoms with van der Waals surface area (Å²) >= 11 is 0. The predicted molar refractivity (Wildman–Crippen MR) is 127 cm³/mol. The molecule has 2 aromatic heterocycles. The van der Waals surface area contributed by atoms with E-state index in [2.05, 4.69) is 28.2 Å². The molecule has 0 spiro atoms. The van der Waals surface area contributed by atoms with Crippen LogP contribution < -0.4 is 10.2 Å². The smallest absolute Gasteiger partial charge is 0.377 e. The largest absolute Gasteiger partial charge is 0.433 e. The summed E-state index contributed by atoms with van der Waals surface area (Å²) in [5, 5.41) is 2.71. The molecular weight excluding hydrogens is 457 g/mol. The van der Waals surface area contributed by atoms with Crippen LogP contribution >= 0.6 is 0 Å². The monoisotopic (exact) mass is 482 g/mol. The number of hydrogen-bond acceptors (Lipinski definition) is 5. The Morgan fingerprint density at radius 1 is 1.17 bits per heavy atom. The number of hydrogen-bond donors (Lipinski definition) is 1. The first-order chi connectivity index (χ1) is 16.7. The summed E-state index contributed by atoms with van der Waals surface area (Å²) in [6.07, 6.45) is -0.784. The van der Waals surface area contributed by atoms with Crippen LogP contribution in [-0.4, -0.2) is 41.7 Å². The molecule has 1 N–H and O–H groups in total. The standard InChI is InChI=1S/C26H25F3N4O2/c1-15-3-4-19(32-25(34)17-5-6-30-23(11-17)26(27,28)29)12-21(15)18-10-22-24(31-13-18)16(2)9-20-14-35-8-7-33(20)22/h3-6,10-13,16,20H,7-9,14H2,1-2H3,(H,32,34)/t16-,20+/m0/s1. The number of halogens is 3. The van der Waals surface area contributed by atoms with Crippen molar-refractivity contribution in [3.05, 3.63) is 71.3 Å². The van der Waals surface area contributed by atoms with Gasteiger partial charge in [0.05, 0.1) is 30.6 Å². The van der Waals surface area contributed by atoms with E-state index in [1.165, 1.54) is 6.07 Å². The highest BCUT2D eigenvalue weighted by Crippen LogP contribution is 2.40. The number of anilines is 2. The number of rotatable bonds is 3. The molecule has 2 aliphatic rings. The van der Waals surface area contributed by atoms with Gasteiger partial charge in [0.15, 0.2) is 0 Å². The van der Waals surface area contributed by atoms with Crippen LogP contribution in [0.15, 0.2) is 48.8 Å². The molecule has 1 fully saturated rings. The van der Waals surface area contributed by atoms with Crippen LogP contribution in [-0.2, 0) is 10.9 Å². The molecule has 182 valence electrons. The summed E-state index contributed by atoms with van der Waals surface area (Å²) in [6.45, 7) is 6.36. The Labute approximate surface area is 201 Å². The lowest BCUT2D eigenvalue weighted by Crippen LogP contribution is -2.49. The fourth-order valence-corrected chi connectivity index (χ4v) is 4.85. The van der Waals surface area contributed by atoms with Crippen molar-refractivity contribution in [3.63, 3.8) is 0 Å². The molecule has 5 rings (SSSR count). The maximum absolute atomic E-state index is 13.0. The van der Waals surface area contributed by atoms with Crippen LogP contribution in [0.2, 0.25) is 0 Å². The Kier molecular flexibility index (Phi) is 5.96. The molecule has 9 heteroatoms. The lowest BCUT2D eigenvalue weighted by molar-refractivity contribution is -0.141. The fraction of sp³-hybridized carbons (Fsp3) is 0.346. The Balaban J connectivity index is 1.44. The van der Waals surface area contributed by atoms with Crippen LogP contribution in [0.1, 0.15) is 46.6 Å². The summed E-state index contributed by atoms with van der Waals surface area (Å²) in [4.78, 5) is 23.2. The second kappa shape index (κ2) is 8.96. The number of carbonyl (C=O) groups excluding carboxylic acids is 1. The quantitative estimate of drug-likeness (QED) is 0.539. The van der Waals surface area contributed by atoms with Gasteiger partial charge in [-0.2, -0.15) is 13.2 Å². The van der Waals surface area contributed by atoms with Gasteiger partial charge in [0.1, 0.15) is 5.69 Å². The molecule has 0 bridgehead atoms. The number of pyridine rings is 2. The average Bonchev–Trinajstić information content (AvgIpc) is 2.84. The molecular formula is C26H25F3N4O2. The maximum Gasteiger partial charge on any atom is 0.433 e. The van der Waals surface area contributed by atoms with E-state index < -0.39 is 17.8 Å². The topological polar surface area (TPSA) is 67.4 Å². The van der Waals surface area contributed by atoms with E-state index in [-0.39, 0.29) is 5.56 Å². The van der Waals surface area contributed by atoms with E-state index >= 15 is 0 Å². The first-order valence-corrected chi connectivity index (χ1v) is 11.5. The van der Waals surface area contributed by atoms with Crippen molar-refractivity contribution in [1.82, 2.24) is 9.97 Å². The molecule has 0 aliphatic carbocycles. The van der Waals surface area contributed by atoms with Gasteiger partial charge in [-0.25, -0.2) is 0 Å². The van der Waals surface area contributed by atoms with Gasteiger partial charge >= 0.3 is 6.18 Å². The zero-order valence-corrected chi connectivity index (χ0v) is 19.4. The highest BCUT2D eigenvalue weighted by Gasteiger charge is 2.34. The first-order valence-electron chi connectivity index (χ1n) is 11.5. The minimum Gasteiger partial charge on any atom is -0.377 e. The van der Waals surface area contributed by atoms with E-state index in [9.17, 15) is 18.0 Å². The molecule has 2 atom stereocenters. The zero-order chi connectivity index (χ0) is 24.7. The number of nitrogens with zero attached hydrogens (tertiary/aromatic N) is 3. The highest BCUT2D eigenvalue weighted by molar-refractivity contribution is 6.04. The van der Waals surface area contributed by atoms with E-state index in [0.717, 1.165) is 53.3 Å². The number of alkyl halides is 3. The number of ether oxygens (including phenoxy) is 1. The lowest BCUT2D eigenvalue weighted by Gasteiger charge is -2.43.